The smallest absolute Gasteiger partial charge is 0.339 e. The number of aromatic nitrogens is 1. The number of piperidine rings is 1. The summed E-state index contributed by atoms with van der Waals surface area (Å²) in [5, 5.41) is 3.62. The van der Waals surface area contributed by atoms with Gasteiger partial charge in [0.2, 0.25) is 0 Å². The molecule has 1 aromatic carbocycles. The fourth-order valence-electron chi connectivity index (χ4n) is 3.13. The van der Waals surface area contributed by atoms with Crippen molar-refractivity contribution in [3.05, 3.63) is 53.7 Å². The predicted molar refractivity (Wildman–Crippen MR) is 100 cm³/mol. The van der Waals surface area contributed by atoms with Gasteiger partial charge in [0.05, 0.1) is 12.2 Å². The number of ether oxygens (including phenoxy) is 1. The number of benzene rings is 1. The molecule has 2 aromatic rings. The number of aryl methyl sites for hydroxylation is 1. The first-order valence-corrected chi connectivity index (χ1v) is 8.87. The molecule has 0 amide bonds. The summed E-state index contributed by atoms with van der Waals surface area (Å²) < 4.78 is 4.99. The summed E-state index contributed by atoms with van der Waals surface area (Å²) >= 11 is 0. The third-order valence-electron chi connectivity index (χ3n) is 4.47. The van der Waals surface area contributed by atoms with E-state index in [4.69, 9.17) is 4.74 Å². The molecule has 1 aliphatic rings. The van der Waals surface area contributed by atoms with Crippen LogP contribution in [0.1, 0.15) is 35.7 Å². The van der Waals surface area contributed by atoms with Gasteiger partial charge in [0.15, 0.2) is 0 Å². The lowest BCUT2D eigenvalue weighted by atomic mass is 10.0. The van der Waals surface area contributed by atoms with Crippen LogP contribution in [0.25, 0.3) is 0 Å². The van der Waals surface area contributed by atoms with E-state index in [1.165, 1.54) is 11.3 Å². The third kappa shape index (κ3) is 4.50. The minimum atomic E-state index is -0.317. The van der Waals surface area contributed by atoms with E-state index in [0.29, 0.717) is 18.2 Å². The van der Waals surface area contributed by atoms with Crippen LogP contribution in [-0.4, -0.2) is 36.7 Å². The molecule has 0 aliphatic carbocycles. The Morgan fingerprint density at radius 1 is 1.28 bits per heavy atom. The van der Waals surface area contributed by atoms with Crippen molar-refractivity contribution in [3.8, 4) is 0 Å². The second-order valence-electron chi connectivity index (χ2n) is 6.40. The SMILES string of the molecule is CCOC(=O)c1ccc(N2CCC(Nc3cccc(C)c3)CC2)nc1. The number of hydrogen-bond acceptors (Lipinski definition) is 5. The summed E-state index contributed by atoms with van der Waals surface area (Å²) in [6.07, 6.45) is 3.73. The summed E-state index contributed by atoms with van der Waals surface area (Å²) in [5.74, 6) is 0.602. The lowest BCUT2D eigenvalue weighted by Gasteiger charge is -2.33. The minimum Gasteiger partial charge on any atom is -0.462 e. The van der Waals surface area contributed by atoms with E-state index in [0.717, 1.165) is 31.7 Å². The lowest BCUT2D eigenvalue weighted by Crippen LogP contribution is -2.39. The molecule has 1 aliphatic heterocycles. The van der Waals surface area contributed by atoms with Gasteiger partial charge in [-0.15, -0.1) is 0 Å². The van der Waals surface area contributed by atoms with Gasteiger partial charge in [0.25, 0.3) is 0 Å². The fourth-order valence-corrected chi connectivity index (χ4v) is 3.13. The molecule has 1 saturated heterocycles. The van der Waals surface area contributed by atoms with E-state index >= 15 is 0 Å². The van der Waals surface area contributed by atoms with Crippen LogP contribution in [0, 0.1) is 6.92 Å². The van der Waals surface area contributed by atoms with Crippen molar-refractivity contribution < 1.29 is 9.53 Å². The summed E-state index contributed by atoms with van der Waals surface area (Å²) in [5.41, 5.74) is 2.96. The van der Waals surface area contributed by atoms with E-state index in [2.05, 4.69) is 46.4 Å². The number of esters is 1. The largest absolute Gasteiger partial charge is 0.462 e. The van der Waals surface area contributed by atoms with Crippen LogP contribution in [0.5, 0.6) is 0 Å². The molecule has 132 valence electrons. The predicted octanol–water partition coefficient (Wildman–Crippen LogP) is 3.65. The highest BCUT2D eigenvalue weighted by atomic mass is 16.5. The van der Waals surface area contributed by atoms with E-state index in [1.54, 1.807) is 19.2 Å². The maximum atomic E-state index is 11.7. The van der Waals surface area contributed by atoms with Crippen LogP contribution in [-0.2, 0) is 4.74 Å². The molecule has 0 spiro atoms. The van der Waals surface area contributed by atoms with E-state index in [-0.39, 0.29) is 5.97 Å². The van der Waals surface area contributed by atoms with Gasteiger partial charge in [-0.05, 0) is 56.5 Å². The fraction of sp³-hybridized carbons (Fsp3) is 0.400. The molecule has 3 rings (SSSR count). The zero-order valence-electron chi connectivity index (χ0n) is 14.9. The van der Waals surface area contributed by atoms with Crippen LogP contribution >= 0.6 is 0 Å². The summed E-state index contributed by atoms with van der Waals surface area (Å²) in [4.78, 5) is 18.4. The lowest BCUT2D eigenvalue weighted by molar-refractivity contribution is 0.0526. The van der Waals surface area contributed by atoms with Crippen molar-refractivity contribution >= 4 is 17.5 Å². The molecule has 0 bridgehead atoms. The first kappa shape index (κ1) is 17.3. The molecule has 0 unspecified atom stereocenters. The second kappa shape index (κ2) is 8.01. The Hall–Kier alpha value is -2.56. The molecule has 25 heavy (non-hydrogen) atoms. The molecular weight excluding hydrogens is 314 g/mol. The third-order valence-corrected chi connectivity index (χ3v) is 4.47. The molecule has 0 radical (unpaired) electrons. The molecule has 1 N–H and O–H groups in total. The molecular formula is C20H25N3O2. The Bertz CT molecular complexity index is 707. The van der Waals surface area contributed by atoms with Crippen molar-refractivity contribution in [2.24, 2.45) is 0 Å². The van der Waals surface area contributed by atoms with Crippen LogP contribution in [0.15, 0.2) is 42.6 Å². The van der Waals surface area contributed by atoms with Crippen molar-refractivity contribution in [2.75, 3.05) is 29.9 Å². The molecule has 5 nitrogen and oxygen atoms in total. The Labute approximate surface area is 149 Å². The second-order valence-corrected chi connectivity index (χ2v) is 6.40. The van der Waals surface area contributed by atoms with E-state index in [9.17, 15) is 4.79 Å². The molecule has 1 aromatic heterocycles. The van der Waals surface area contributed by atoms with Gasteiger partial charge in [0.1, 0.15) is 5.82 Å². The maximum Gasteiger partial charge on any atom is 0.339 e. The highest BCUT2D eigenvalue weighted by molar-refractivity contribution is 5.89. The minimum absolute atomic E-state index is 0.317. The normalized spacial score (nSPS) is 15.0. The standard InChI is InChI=1S/C20H25N3O2/c1-3-25-20(24)16-7-8-19(21-14-16)23-11-9-17(10-12-23)22-18-6-4-5-15(2)13-18/h4-8,13-14,17,22H,3,9-12H2,1-2H3. The van der Waals surface area contributed by atoms with Crippen LogP contribution in [0.4, 0.5) is 11.5 Å². The Morgan fingerprint density at radius 3 is 2.72 bits per heavy atom. The number of rotatable bonds is 5. The van der Waals surface area contributed by atoms with Gasteiger partial charge in [0, 0.05) is 31.0 Å². The van der Waals surface area contributed by atoms with E-state index < -0.39 is 0 Å². The molecule has 1 fully saturated rings. The average Bonchev–Trinajstić information content (AvgIpc) is 2.63. The number of anilines is 2. The maximum absolute atomic E-state index is 11.7. The molecule has 0 atom stereocenters. The topological polar surface area (TPSA) is 54.5 Å². The highest BCUT2D eigenvalue weighted by Gasteiger charge is 2.20. The Balaban J connectivity index is 1.54. The number of nitrogens with one attached hydrogen (secondary N) is 1. The number of carbonyl (C=O) groups is 1. The van der Waals surface area contributed by atoms with Gasteiger partial charge < -0.3 is 15.0 Å². The van der Waals surface area contributed by atoms with Gasteiger partial charge >= 0.3 is 5.97 Å². The molecule has 0 saturated carbocycles. The number of pyridine rings is 1. The van der Waals surface area contributed by atoms with Crippen molar-refractivity contribution in [1.82, 2.24) is 4.98 Å². The van der Waals surface area contributed by atoms with Gasteiger partial charge in [-0.3, -0.25) is 0 Å². The van der Waals surface area contributed by atoms with Crippen LogP contribution in [0.3, 0.4) is 0 Å². The zero-order valence-corrected chi connectivity index (χ0v) is 14.9. The Morgan fingerprint density at radius 2 is 2.08 bits per heavy atom. The average molecular weight is 339 g/mol. The van der Waals surface area contributed by atoms with Crippen LogP contribution in [0.2, 0.25) is 0 Å². The van der Waals surface area contributed by atoms with Crippen molar-refractivity contribution in [2.45, 2.75) is 32.7 Å². The Kier molecular flexibility index (Phi) is 5.53. The first-order valence-electron chi connectivity index (χ1n) is 8.87. The first-order chi connectivity index (χ1) is 12.2. The molecule has 2 heterocycles. The summed E-state index contributed by atoms with van der Waals surface area (Å²) in [7, 11) is 0. The van der Waals surface area contributed by atoms with E-state index in [1.807, 2.05) is 6.07 Å². The van der Waals surface area contributed by atoms with Crippen LogP contribution < -0.4 is 10.2 Å². The molecule has 5 heteroatoms. The quantitative estimate of drug-likeness (QED) is 0.843. The summed E-state index contributed by atoms with van der Waals surface area (Å²) in [6.45, 7) is 6.19. The van der Waals surface area contributed by atoms with Gasteiger partial charge in [-0.2, -0.15) is 0 Å². The monoisotopic (exact) mass is 339 g/mol. The highest BCUT2D eigenvalue weighted by Crippen LogP contribution is 2.21. The zero-order chi connectivity index (χ0) is 17.6. The number of carbonyl (C=O) groups excluding carboxylic acids is 1. The van der Waals surface area contributed by atoms with Gasteiger partial charge in [-0.1, -0.05) is 12.1 Å². The number of nitrogens with zero attached hydrogens (tertiary/aromatic N) is 2. The number of hydrogen-bond donors (Lipinski definition) is 1. The van der Waals surface area contributed by atoms with Crippen molar-refractivity contribution in [3.63, 3.8) is 0 Å². The van der Waals surface area contributed by atoms with Crippen molar-refractivity contribution in [1.29, 1.82) is 0 Å². The van der Waals surface area contributed by atoms with Gasteiger partial charge in [-0.25, -0.2) is 9.78 Å². The summed E-state index contributed by atoms with van der Waals surface area (Å²) in [6, 6.07) is 12.7.